The lowest BCUT2D eigenvalue weighted by molar-refractivity contribution is 0.100. The second-order valence-electron chi connectivity index (χ2n) is 4.93. The molecule has 2 nitrogen and oxygen atoms in total. The average Bonchev–Trinajstić information content (AvgIpc) is 2.38. The van der Waals surface area contributed by atoms with E-state index in [0.717, 1.165) is 6.42 Å². The molecule has 0 aliphatic rings. The summed E-state index contributed by atoms with van der Waals surface area (Å²) in [6, 6.07) is 7.66. The van der Waals surface area contributed by atoms with Gasteiger partial charge in [0, 0.05) is 5.56 Å². The highest BCUT2D eigenvalue weighted by Gasteiger charge is 1.99. The minimum absolute atomic E-state index is 0.350. The van der Waals surface area contributed by atoms with Crippen LogP contribution < -0.4 is 5.73 Å². The van der Waals surface area contributed by atoms with E-state index < -0.39 is 0 Å². The van der Waals surface area contributed by atoms with Gasteiger partial charge in [-0.2, -0.15) is 0 Å². The zero-order chi connectivity index (χ0) is 13.2. The summed E-state index contributed by atoms with van der Waals surface area (Å²) in [6.07, 6.45) is 10.4. The Hall–Kier alpha value is -1.31. The largest absolute Gasteiger partial charge is 0.366 e. The molecular formula is C16H25NO. The van der Waals surface area contributed by atoms with E-state index in [-0.39, 0.29) is 5.91 Å². The van der Waals surface area contributed by atoms with Crippen LogP contribution in [-0.2, 0) is 6.42 Å². The molecule has 0 aliphatic heterocycles. The number of hydrogen-bond donors (Lipinski definition) is 1. The smallest absolute Gasteiger partial charge is 0.248 e. The topological polar surface area (TPSA) is 43.1 Å². The van der Waals surface area contributed by atoms with Crippen molar-refractivity contribution in [3.05, 3.63) is 35.4 Å². The molecule has 0 unspecified atom stereocenters. The van der Waals surface area contributed by atoms with Crippen molar-refractivity contribution in [1.29, 1.82) is 0 Å². The molecule has 100 valence electrons. The van der Waals surface area contributed by atoms with Gasteiger partial charge in [0.15, 0.2) is 0 Å². The van der Waals surface area contributed by atoms with Crippen molar-refractivity contribution < 1.29 is 4.79 Å². The van der Waals surface area contributed by atoms with E-state index in [1.54, 1.807) is 0 Å². The number of carbonyl (C=O) groups excluding carboxylic acids is 1. The van der Waals surface area contributed by atoms with Gasteiger partial charge in [-0.3, -0.25) is 4.79 Å². The first-order valence-corrected chi connectivity index (χ1v) is 7.12. The third-order valence-corrected chi connectivity index (χ3v) is 3.31. The van der Waals surface area contributed by atoms with Crippen molar-refractivity contribution in [3.8, 4) is 0 Å². The standard InChI is InChI=1S/C16H25NO/c1-2-3-4-5-6-7-8-9-14-10-12-15(13-11-14)16(17)18/h10-13H,2-9H2,1H3,(H2,17,18). The maximum absolute atomic E-state index is 10.9. The monoisotopic (exact) mass is 247 g/mol. The number of unbranched alkanes of at least 4 members (excludes halogenated alkanes) is 6. The van der Waals surface area contributed by atoms with E-state index in [9.17, 15) is 4.79 Å². The van der Waals surface area contributed by atoms with Crippen LogP contribution in [0.25, 0.3) is 0 Å². The van der Waals surface area contributed by atoms with E-state index >= 15 is 0 Å². The fourth-order valence-electron chi connectivity index (χ4n) is 2.12. The highest BCUT2D eigenvalue weighted by molar-refractivity contribution is 5.92. The third kappa shape index (κ3) is 5.85. The van der Waals surface area contributed by atoms with Crippen LogP contribution in [0.4, 0.5) is 0 Å². The molecule has 0 atom stereocenters. The number of primary amides is 1. The van der Waals surface area contributed by atoms with Crippen LogP contribution in [0.2, 0.25) is 0 Å². The molecule has 1 aromatic rings. The number of amides is 1. The Bertz CT molecular complexity index is 343. The van der Waals surface area contributed by atoms with Crippen molar-refractivity contribution in [3.63, 3.8) is 0 Å². The molecule has 18 heavy (non-hydrogen) atoms. The van der Waals surface area contributed by atoms with Gasteiger partial charge in [0.1, 0.15) is 0 Å². The van der Waals surface area contributed by atoms with E-state index in [2.05, 4.69) is 6.92 Å². The first-order valence-electron chi connectivity index (χ1n) is 7.12. The van der Waals surface area contributed by atoms with Gasteiger partial charge in [-0.05, 0) is 30.5 Å². The van der Waals surface area contributed by atoms with Crippen LogP contribution in [0.5, 0.6) is 0 Å². The molecule has 0 saturated heterocycles. The second kappa shape index (κ2) is 8.73. The lowest BCUT2D eigenvalue weighted by atomic mass is 10.0. The van der Waals surface area contributed by atoms with Crippen LogP contribution in [-0.4, -0.2) is 5.91 Å². The normalized spacial score (nSPS) is 10.5. The Morgan fingerprint density at radius 2 is 1.50 bits per heavy atom. The van der Waals surface area contributed by atoms with Crippen molar-refractivity contribution in [2.24, 2.45) is 5.73 Å². The third-order valence-electron chi connectivity index (χ3n) is 3.31. The van der Waals surface area contributed by atoms with Gasteiger partial charge in [0.25, 0.3) is 0 Å². The number of nitrogens with two attached hydrogens (primary N) is 1. The minimum atomic E-state index is -0.350. The number of benzene rings is 1. The number of carbonyl (C=O) groups is 1. The molecule has 1 rings (SSSR count). The van der Waals surface area contributed by atoms with Gasteiger partial charge in [0.05, 0.1) is 0 Å². The molecule has 0 bridgehead atoms. The maximum atomic E-state index is 10.9. The van der Waals surface area contributed by atoms with Crippen LogP contribution in [0.15, 0.2) is 24.3 Å². The fraction of sp³-hybridized carbons (Fsp3) is 0.562. The van der Waals surface area contributed by atoms with E-state index in [4.69, 9.17) is 5.73 Å². The molecule has 0 radical (unpaired) electrons. The highest BCUT2D eigenvalue weighted by Crippen LogP contribution is 2.11. The minimum Gasteiger partial charge on any atom is -0.366 e. The van der Waals surface area contributed by atoms with Crippen molar-refractivity contribution in [2.75, 3.05) is 0 Å². The lowest BCUT2D eigenvalue weighted by Gasteiger charge is -2.03. The van der Waals surface area contributed by atoms with Gasteiger partial charge < -0.3 is 5.73 Å². The van der Waals surface area contributed by atoms with E-state index in [1.807, 2.05) is 24.3 Å². The SMILES string of the molecule is CCCCCCCCCc1ccc(C(N)=O)cc1. The predicted molar refractivity (Wildman–Crippen MR) is 76.7 cm³/mol. The molecule has 1 amide bonds. The molecule has 0 fully saturated rings. The van der Waals surface area contributed by atoms with Gasteiger partial charge in [-0.15, -0.1) is 0 Å². The van der Waals surface area contributed by atoms with Crippen LogP contribution >= 0.6 is 0 Å². The predicted octanol–water partition coefficient (Wildman–Crippen LogP) is 4.08. The van der Waals surface area contributed by atoms with Crippen LogP contribution in [0.3, 0.4) is 0 Å². The zero-order valence-corrected chi connectivity index (χ0v) is 11.5. The molecule has 2 heteroatoms. The number of rotatable bonds is 9. The fourth-order valence-corrected chi connectivity index (χ4v) is 2.12. The van der Waals surface area contributed by atoms with E-state index in [1.165, 1.54) is 50.5 Å². The van der Waals surface area contributed by atoms with Crippen LogP contribution in [0, 0.1) is 0 Å². The summed E-state index contributed by atoms with van der Waals surface area (Å²) in [5.41, 5.74) is 7.10. The lowest BCUT2D eigenvalue weighted by Crippen LogP contribution is -2.10. The summed E-state index contributed by atoms with van der Waals surface area (Å²) in [6.45, 7) is 2.25. The Morgan fingerprint density at radius 1 is 0.944 bits per heavy atom. The van der Waals surface area contributed by atoms with Crippen LogP contribution in [0.1, 0.15) is 67.8 Å². The second-order valence-corrected chi connectivity index (χ2v) is 4.93. The number of hydrogen-bond acceptors (Lipinski definition) is 1. The summed E-state index contributed by atoms with van der Waals surface area (Å²) in [5.74, 6) is -0.350. The summed E-state index contributed by atoms with van der Waals surface area (Å²) in [7, 11) is 0. The number of aryl methyl sites for hydroxylation is 1. The molecule has 0 aromatic heterocycles. The molecule has 1 aromatic carbocycles. The summed E-state index contributed by atoms with van der Waals surface area (Å²) < 4.78 is 0. The maximum Gasteiger partial charge on any atom is 0.248 e. The van der Waals surface area contributed by atoms with Gasteiger partial charge in [-0.25, -0.2) is 0 Å². The molecule has 0 heterocycles. The van der Waals surface area contributed by atoms with Gasteiger partial charge in [0.2, 0.25) is 5.91 Å². The Kier molecular flexibility index (Phi) is 7.16. The highest BCUT2D eigenvalue weighted by atomic mass is 16.1. The summed E-state index contributed by atoms with van der Waals surface area (Å²) in [4.78, 5) is 10.9. The molecular weight excluding hydrogens is 222 g/mol. The quantitative estimate of drug-likeness (QED) is 0.656. The van der Waals surface area contributed by atoms with Gasteiger partial charge >= 0.3 is 0 Å². The Labute approximate surface area is 111 Å². The Balaban J connectivity index is 2.14. The molecule has 0 saturated carbocycles. The van der Waals surface area contributed by atoms with Crippen molar-refractivity contribution in [1.82, 2.24) is 0 Å². The van der Waals surface area contributed by atoms with Crippen molar-refractivity contribution >= 4 is 5.91 Å². The van der Waals surface area contributed by atoms with Gasteiger partial charge in [-0.1, -0.05) is 57.6 Å². The van der Waals surface area contributed by atoms with E-state index in [0.29, 0.717) is 5.56 Å². The average molecular weight is 247 g/mol. The summed E-state index contributed by atoms with van der Waals surface area (Å²) >= 11 is 0. The first-order chi connectivity index (χ1) is 8.74. The molecule has 2 N–H and O–H groups in total. The Morgan fingerprint density at radius 3 is 2.06 bits per heavy atom. The molecule has 0 spiro atoms. The van der Waals surface area contributed by atoms with Crippen molar-refractivity contribution in [2.45, 2.75) is 58.3 Å². The summed E-state index contributed by atoms with van der Waals surface area (Å²) in [5, 5.41) is 0. The zero-order valence-electron chi connectivity index (χ0n) is 11.5. The first kappa shape index (κ1) is 14.7. The molecule has 0 aliphatic carbocycles.